The number of nitrogens with zero attached hydrogens (tertiary/aromatic N) is 1. The fraction of sp³-hybridized carbons (Fsp3) is 0.303. The van der Waals surface area contributed by atoms with E-state index in [1.807, 2.05) is 44.2 Å². The number of phenolic OH excluding ortho intramolecular Hbond substituents is 1. The molecule has 5 nitrogen and oxygen atoms in total. The zero-order valence-electron chi connectivity index (χ0n) is 23.5. The molecule has 0 aliphatic rings. The highest BCUT2D eigenvalue weighted by molar-refractivity contribution is 5.85. The van der Waals surface area contributed by atoms with Crippen molar-refractivity contribution < 1.29 is 23.4 Å². The van der Waals surface area contributed by atoms with Crippen molar-refractivity contribution in [1.82, 2.24) is 9.97 Å². The Hall–Kier alpha value is -4.22. The first-order chi connectivity index (χ1) is 19.2. The van der Waals surface area contributed by atoms with Crippen molar-refractivity contribution in [3.63, 3.8) is 0 Å². The van der Waals surface area contributed by atoms with E-state index in [9.17, 15) is 23.4 Å². The number of H-pyrrole nitrogens is 2. The maximum atomic E-state index is 14.1. The van der Waals surface area contributed by atoms with Gasteiger partial charge in [0.1, 0.15) is 11.8 Å². The lowest BCUT2D eigenvalue weighted by molar-refractivity contribution is -0.266. The molecule has 2 heterocycles. The third-order valence-electron chi connectivity index (χ3n) is 7.46. The predicted octanol–water partition coefficient (Wildman–Crippen LogP) is 8.24. The van der Waals surface area contributed by atoms with E-state index in [1.54, 1.807) is 56.4 Å². The fourth-order valence-corrected chi connectivity index (χ4v) is 5.25. The fourth-order valence-electron chi connectivity index (χ4n) is 5.25. The second kappa shape index (κ2) is 11.3. The Morgan fingerprint density at radius 1 is 0.927 bits per heavy atom. The first-order valence-corrected chi connectivity index (χ1v) is 13.4. The number of aromatic amines is 2. The molecule has 214 valence electrons. The number of aromatic nitrogens is 2. The molecule has 0 saturated heterocycles. The van der Waals surface area contributed by atoms with Gasteiger partial charge in [-0.15, -0.1) is 0 Å². The molecule has 0 aliphatic carbocycles. The van der Waals surface area contributed by atoms with E-state index >= 15 is 0 Å². The van der Waals surface area contributed by atoms with Gasteiger partial charge in [0.2, 0.25) is 0 Å². The topological polar surface area (TPSA) is 95.8 Å². The van der Waals surface area contributed by atoms with Crippen LogP contribution < -0.4 is 0 Å². The molecule has 0 fully saturated rings. The molecule has 0 bridgehead atoms. The van der Waals surface area contributed by atoms with Crippen molar-refractivity contribution in [2.45, 2.75) is 63.6 Å². The number of nitriles is 1. The Bertz CT molecular complexity index is 1660. The number of aromatic hydroxyl groups is 1. The molecule has 8 heteroatoms. The molecule has 3 aromatic carbocycles. The van der Waals surface area contributed by atoms with E-state index in [4.69, 9.17) is 5.26 Å². The van der Waals surface area contributed by atoms with Gasteiger partial charge in [-0.05, 0) is 58.5 Å². The lowest BCUT2D eigenvalue weighted by Crippen LogP contribution is -2.50. The summed E-state index contributed by atoms with van der Waals surface area (Å²) in [6, 6.07) is 23.7. The summed E-state index contributed by atoms with van der Waals surface area (Å²) >= 11 is 0. The Morgan fingerprint density at radius 2 is 1.59 bits per heavy atom. The summed E-state index contributed by atoms with van der Waals surface area (Å²) in [5.41, 5.74) is -0.00613. The minimum absolute atomic E-state index is 0.0699. The van der Waals surface area contributed by atoms with Crippen LogP contribution in [0.4, 0.5) is 13.2 Å². The highest BCUT2D eigenvalue weighted by Gasteiger charge is 2.56. The molecule has 41 heavy (non-hydrogen) atoms. The zero-order chi connectivity index (χ0) is 30.0. The van der Waals surface area contributed by atoms with Crippen molar-refractivity contribution >= 4 is 21.8 Å². The predicted molar refractivity (Wildman–Crippen MR) is 156 cm³/mol. The molecule has 1 unspecified atom stereocenters. The van der Waals surface area contributed by atoms with E-state index in [-0.39, 0.29) is 11.7 Å². The number of hydrogen-bond acceptors (Lipinski definition) is 3. The van der Waals surface area contributed by atoms with Crippen LogP contribution in [-0.4, -0.2) is 32.0 Å². The third-order valence-corrected chi connectivity index (χ3v) is 7.46. The van der Waals surface area contributed by atoms with Crippen LogP contribution in [-0.2, 0) is 11.8 Å². The van der Waals surface area contributed by atoms with Gasteiger partial charge < -0.3 is 20.2 Å². The lowest BCUT2D eigenvalue weighted by atomic mass is 9.72. The Kier molecular flexibility index (Phi) is 8.23. The molecular weight excluding hydrogens is 527 g/mol. The maximum absolute atomic E-state index is 14.1. The molecule has 5 rings (SSSR count). The number of nitrogens with one attached hydrogen (secondary N) is 2. The van der Waals surface area contributed by atoms with Crippen LogP contribution in [0.25, 0.3) is 21.8 Å². The maximum Gasteiger partial charge on any atom is 0.417 e. The average Bonchev–Trinajstić information content (AvgIpc) is 3.51. The molecule has 2 aromatic heterocycles. The highest BCUT2D eigenvalue weighted by atomic mass is 19.4. The van der Waals surface area contributed by atoms with Gasteiger partial charge in [-0.1, -0.05) is 76.2 Å². The standard InChI is InChI=1S/C24H28F3NO2.C9H6N2/c1-15(2)16-9-10-21(29)19(12-16)22(3,4)14-23(30,24(25,26)27)13-18-11-17-7-5-6-8-20(17)28-18;10-5-7-6-11-9-4-2-1-3-8(7)9/h5-12,15,28-30H,13-14H2,1-4H3;1-4,6,11H. The van der Waals surface area contributed by atoms with Crippen molar-refractivity contribution in [3.05, 3.63) is 101 Å². The van der Waals surface area contributed by atoms with Gasteiger partial charge in [0, 0.05) is 34.7 Å². The van der Waals surface area contributed by atoms with Crippen molar-refractivity contribution in [3.8, 4) is 11.8 Å². The molecule has 4 N–H and O–H groups in total. The summed E-state index contributed by atoms with van der Waals surface area (Å²) in [7, 11) is 0. The zero-order valence-corrected chi connectivity index (χ0v) is 23.5. The molecule has 0 spiro atoms. The molecule has 1 atom stereocenters. The molecule has 0 aliphatic heterocycles. The van der Waals surface area contributed by atoms with Crippen LogP contribution in [0.3, 0.4) is 0 Å². The van der Waals surface area contributed by atoms with E-state index in [2.05, 4.69) is 16.0 Å². The summed E-state index contributed by atoms with van der Waals surface area (Å²) < 4.78 is 42.2. The number of fused-ring (bicyclic) bond motifs is 2. The molecule has 0 saturated carbocycles. The van der Waals surface area contributed by atoms with Gasteiger partial charge >= 0.3 is 6.18 Å². The van der Waals surface area contributed by atoms with Gasteiger partial charge in [0.15, 0.2) is 5.60 Å². The minimum atomic E-state index is -4.84. The monoisotopic (exact) mass is 561 g/mol. The third kappa shape index (κ3) is 6.41. The van der Waals surface area contributed by atoms with E-state index in [0.29, 0.717) is 16.8 Å². The van der Waals surface area contributed by atoms with Crippen LogP contribution in [0.2, 0.25) is 0 Å². The minimum Gasteiger partial charge on any atom is -0.508 e. The molecule has 5 aromatic rings. The molecule has 0 radical (unpaired) electrons. The van der Waals surface area contributed by atoms with Gasteiger partial charge in [0.05, 0.1) is 5.56 Å². The summed E-state index contributed by atoms with van der Waals surface area (Å²) in [5.74, 6) is 0.0903. The van der Waals surface area contributed by atoms with Crippen LogP contribution in [0.5, 0.6) is 5.75 Å². The second-order valence-corrected chi connectivity index (χ2v) is 11.4. The number of halogens is 3. The summed E-state index contributed by atoms with van der Waals surface area (Å²) in [6.45, 7) is 7.19. The first kappa shape index (κ1) is 29.8. The van der Waals surface area contributed by atoms with E-state index < -0.39 is 30.0 Å². The Labute approximate surface area is 237 Å². The SMILES string of the molecule is CC(C)c1ccc(O)c(C(C)(C)CC(O)(Cc2cc3ccccc3[nH]2)C(F)(F)F)c1.N#Cc1c[nH]c2ccccc12. The number of rotatable bonds is 6. The van der Waals surface area contributed by atoms with Crippen LogP contribution >= 0.6 is 0 Å². The van der Waals surface area contributed by atoms with Gasteiger partial charge in [-0.25, -0.2) is 0 Å². The molecular formula is C33H34F3N3O2. The highest BCUT2D eigenvalue weighted by Crippen LogP contribution is 2.45. The summed E-state index contributed by atoms with van der Waals surface area (Å²) in [5, 5.41) is 31.7. The number of benzene rings is 3. The lowest BCUT2D eigenvalue weighted by Gasteiger charge is -2.38. The quantitative estimate of drug-likeness (QED) is 0.168. The van der Waals surface area contributed by atoms with Crippen molar-refractivity contribution in [1.29, 1.82) is 5.26 Å². The van der Waals surface area contributed by atoms with Crippen LogP contribution in [0, 0.1) is 11.3 Å². The van der Waals surface area contributed by atoms with Crippen LogP contribution in [0.1, 0.15) is 62.4 Å². The van der Waals surface area contributed by atoms with Crippen molar-refractivity contribution in [2.24, 2.45) is 0 Å². The number of phenols is 1. The number of para-hydroxylation sites is 2. The largest absolute Gasteiger partial charge is 0.508 e. The Morgan fingerprint density at radius 3 is 2.22 bits per heavy atom. The Balaban J connectivity index is 0.000000291. The number of hydrogen-bond donors (Lipinski definition) is 4. The van der Waals surface area contributed by atoms with E-state index in [1.165, 1.54) is 6.07 Å². The number of alkyl halides is 3. The normalized spacial score (nSPS) is 13.6. The summed E-state index contributed by atoms with van der Waals surface area (Å²) in [6.07, 6.45) is -4.30. The van der Waals surface area contributed by atoms with Crippen molar-refractivity contribution in [2.75, 3.05) is 0 Å². The van der Waals surface area contributed by atoms with Gasteiger partial charge in [-0.2, -0.15) is 18.4 Å². The van der Waals surface area contributed by atoms with E-state index in [0.717, 1.165) is 27.4 Å². The first-order valence-electron chi connectivity index (χ1n) is 13.4. The number of aliphatic hydroxyl groups is 1. The summed E-state index contributed by atoms with van der Waals surface area (Å²) in [4.78, 5) is 5.99. The van der Waals surface area contributed by atoms with Crippen LogP contribution in [0.15, 0.2) is 79.0 Å². The smallest absolute Gasteiger partial charge is 0.417 e. The average molecular weight is 562 g/mol. The van der Waals surface area contributed by atoms with Gasteiger partial charge in [0.25, 0.3) is 0 Å². The van der Waals surface area contributed by atoms with Gasteiger partial charge in [-0.3, -0.25) is 0 Å². The second-order valence-electron chi connectivity index (χ2n) is 11.4. The molecule has 0 amide bonds.